The van der Waals surface area contributed by atoms with E-state index in [1.807, 2.05) is 18.4 Å². The molecule has 2 aromatic rings. The highest BCUT2D eigenvalue weighted by molar-refractivity contribution is 5.83. The van der Waals surface area contributed by atoms with Crippen LogP contribution in [0.1, 0.15) is 44.4 Å². The molecule has 0 aliphatic carbocycles. The van der Waals surface area contributed by atoms with Crippen molar-refractivity contribution in [1.82, 2.24) is 21.2 Å². The van der Waals surface area contributed by atoms with Crippen LogP contribution in [0.15, 0.2) is 77.7 Å². The first-order valence-corrected chi connectivity index (χ1v) is 11.4. The minimum Gasteiger partial charge on any atom is -0.382 e. The van der Waals surface area contributed by atoms with E-state index in [2.05, 4.69) is 83.9 Å². The average Bonchev–Trinajstić information content (AvgIpc) is 3.22. The summed E-state index contributed by atoms with van der Waals surface area (Å²) in [5.41, 5.74) is 14.3. The monoisotopic (exact) mass is 426 g/mol. The molecule has 1 aliphatic rings. The second-order valence-electron chi connectivity index (χ2n) is 7.93. The van der Waals surface area contributed by atoms with E-state index in [4.69, 9.17) is 6.42 Å². The Bertz CT molecular complexity index is 1100. The van der Waals surface area contributed by atoms with E-state index in [9.17, 15) is 0 Å². The molecule has 1 aliphatic heterocycles. The highest BCUT2D eigenvalue weighted by Crippen LogP contribution is 2.25. The number of aromatic nitrogens is 1. The van der Waals surface area contributed by atoms with E-state index in [1.54, 1.807) is 0 Å². The third kappa shape index (κ3) is 6.29. The van der Waals surface area contributed by atoms with Gasteiger partial charge in [-0.3, -0.25) is 0 Å². The van der Waals surface area contributed by atoms with Gasteiger partial charge < -0.3 is 15.7 Å². The Morgan fingerprint density at radius 1 is 1.28 bits per heavy atom. The maximum absolute atomic E-state index is 5.59. The van der Waals surface area contributed by atoms with Gasteiger partial charge in [0.15, 0.2) is 0 Å². The fourth-order valence-electron chi connectivity index (χ4n) is 3.89. The van der Waals surface area contributed by atoms with Gasteiger partial charge in [-0.05, 0) is 71.2 Å². The van der Waals surface area contributed by atoms with Gasteiger partial charge in [0.25, 0.3) is 0 Å². The van der Waals surface area contributed by atoms with Crippen LogP contribution in [0.2, 0.25) is 0 Å². The number of hydrogen-bond acceptors (Lipinski definition) is 3. The maximum atomic E-state index is 5.59. The van der Waals surface area contributed by atoms with E-state index >= 15 is 0 Å². The number of H-pyrrole nitrogens is 1. The van der Waals surface area contributed by atoms with Crippen LogP contribution in [-0.2, 0) is 6.42 Å². The standard InChI is InChI=1S/C28H34N4/c1-5-8-26-19-24-13-12-22(18-28(24)32-26)11-10-21(4)29-16-14-23(7-3)27(9-6-2)25-15-17-30-31-20-25/h2,9-14,18-20,29-32H,4-5,7-8,15-17H2,1,3H3/b11-10-,23-14-,27-9+. The van der Waals surface area contributed by atoms with E-state index < -0.39 is 0 Å². The van der Waals surface area contributed by atoms with Gasteiger partial charge >= 0.3 is 0 Å². The third-order valence-electron chi connectivity index (χ3n) is 5.54. The number of terminal acetylenes is 1. The summed E-state index contributed by atoms with van der Waals surface area (Å²) in [7, 11) is 0. The van der Waals surface area contributed by atoms with Gasteiger partial charge in [-0.2, -0.15) is 0 Å². The zero-order chi connectivity index (χ0) is 22.8. The molecule has 0 fully saturated rings. The Morgan fingerprint density at radius 3 is 2.88 bits per heavy atom. The average molecular weight is 427 g/mol. The summed E-state index contributed by atoms with van der Waals surface area (Å²) in [5.74, 6) is 2.70. The van der Waals surface area contributed by atoms with E-state index in [0.717, 1.165) is 49.1 Å². The number of aromatic amines is 1. The summed E-state index contributed by atoms with van der Waals surface area (Å²) < 4.78 is 0. The molecule has 166 valence electrons. The molecular formula is C28H34N4. The van der Waals surface area contributed by atoms with Crippen LogP contribution in [0.25, 0.3) is 17.0 Å². The smallest absolute Gasteiger partial charge is 0.0462 e. The predicted octanol–water partition coefficient (Wildman–Crippen LogP) is 5.51. The second kappa shape index (κ2) is 11.8. The van der Waals surface area contributed by atoms with Crippen molar-refractivity contribution in [3.63, 3.8) is 0 Å². The molecular weight excluding hydrogens is 392 g/mol. The maximum Gasteiger partial charge on any atom is 0.0462 e. The molecule has 32 heavy (non-hydrogen) atoms. The number of hydrogen-bond donors (Lipinski definition) is 4. The summed E-state index contributed by atoms with van der Waals surface area (Å²) in [6, 6.07) is 8.73. The Morgan fingerprint density at radius 2 is 2.16 bits per heavy atom. The lowest BCUT2D eigenvalue weighted by atomic mass is 9.93. The molecule has 0 atom stereocenters. The number of aryl methyl sites for hydroxylation is 1. The molecule has 0 saturated carbocycles. The summed E-state index contributed by atoms with van der Waals surface area (Å²) in [6.45, 7) is 10.1. The molecule has 1 aromatic carbocycles. The van der Waals surface area contributed by atoms with Crippen molar-refractivity contribution >= 4 is 17.0 Å². The van der Waals surface area contributed by atoms with Crippen LogP contribution in [0.3, 0.4) is 0 Å². The Balaban J connectivity index is 1.61. The highest BCUT2D eigenvalue weighted by atomic mass is 15.3. The molecule has 0 unspecified atom stereocenters. The Kier molecular flexibility index (Phi) is 8.60. The minimum atomic E-state index is 0.698. The number of benzene rings is 1. The van der Waals surface area contributed by atoms with Crippen LogP contribution in [0.4, 0.5) is 0 Å². The minimum absolute atomic E-state index is 0.698. The lowest BCUT2D eigenvalue weighted by molar-refractivity contribution is 0.591. The summed E-state index contributed by atoms with van der Waals surface area (Å²) in [6.07, 6.45) is 19.9. The topological polar surface area (TPSA) is 51.9 Å². The molecule has 0 radical (unpaired) electrons. The van der Waals surface area contributed by atoms with E-state index in [1.165, 1.54) is 27.7 Å². The molecule has 2 heterocycles. The third-order valence-corrected chi connectivity index (χ3v) is 5.54. The normalized spacial score (nSPS) is 14.8. The van der Waals surface area contributed by atoms with Gasteiger partial charge in [0, 0.05) is 36.2 Å². The summed E-state index contributed by atoms with van der Waals surface area (Å²) in [5, 5.41) is 4.64. The van der Waals surface area contributed by atoms with Crippen LogP contribution >= 0.6 is 0 Å². The fourth-order valence-corrected chi connectivity index (χ4v) is 3.89. The first kappa shape index (κ1) is 23.2. The fraction of sp³-hybridized carbons (Fsp3) is 0.286. The molecule has 0 amide bonds. The van der Waals surface area contributed by atoms with Gasteiger partial charge in [0.1, 0.15) is 0 Å². The SMILES string of the molecule is C#C/C=C(C1=CNNCC1)\C(=C/CNC(=C)/C=C\c1ccc2cc(CCC)[nH]c2c1)CC. The molecule has 0 bridgehead atoms. The Labute approximate surface area is 192 Å². The highest BCUT2D eigenvalue weighted by Gasteiger charge is 2.11. The molecule has 3 rings (SSSR count). The molecule has 4 heteroatoms. The predicted molar refractivity (Wildman–Crippen MR) is 138 cm³/mol. The molecule has 0 saturated heterocycles. The number of rotatable bonds is 10. The lowest BCUT2D eigenvalue weighted by Gasteiger charge is -2.19. The zero-order valence-electron chi connectivity index (χ0n) is 19.2. The van der Waals surface area contributed by atoms with Gasteiger partial charge in [-0.15, -0.1) is 6.42 Å². The summed E-state index contributed by atoms with van der Waals surface area (Å²) >= 11 is 0. The second-order valence-corrected chi connectivity index (χ2v) is 7.93. The van der Waals surface area contributed by atoms with Gasteiger partial charge in [-0.25, -0.2) is 5.43 Å². The van der Waals surface area contributed by atoms with Crippen LogP contribution in [0, 0.1) is 12.3 Å². The molecule has 4 N–H and O–H groups in total. The van der Waals surface area contributed by atoms with Crippen LogP contribution in [-0.4, -0.2) is 18.1 Å². The van der Waals surface area contributed by atoms with Crippen molar-refractivity contribution in [3.8, 4) is 12.3 Å². The number of allylic oxidation sites excluding steroid dienone is 4. The van der Waals surface area contributed by atoms with E-state index in [0.29, 0.717) is 6.54 Å². The lowest BCUT2D eigenvalue weighted by Crippen LogP contribution is -2.32. The molecule has 1 aromatic heterocycles. The molecule has 4 nitrogen and oxygen atoms in total. The van der Waals surface area contributed by atoms with Crippen molar-refractivity contribution in [1.29, 1.82) is 0 Å². The van der Waals surface area contributed by atoms with Gasteiger partial charge in [-0.1, -0.05) is 57.1 Å². The molecule has 0 spiro atoms. The van der Waals surface area contributed by atoms with Crippen LogP contribution < -0.4 is 16.2 Å². The van der Waals surface area contributed by atoms with Gasteiger partial charge in [0.05, 0.1) is 0 Å². The van der Waals surface area contributed by atoms with Crippen molar-refractivity contribution in [3.05, 3.63) is 88.9 Å². The summed E-state index contributed by atoms with van der Waals surface area (Å²) in [4.78, 5) is 3.51. The zero-order valence-corrected chi connectivity index (χ0v) is 19.2. The largest absolute Gasteiger partial charge is 0.382 e. The first-order chi connectivity index (χ1) is 15.6. The van der Waals surface area contributed by atoms with Gasteiger partial charge in [0.2, 0.25) is 0 Å². The number of nitrogens with one attached hydrogen (secondary N) is 4. The number of hydrazine groups is 1. The van der Waals surface area contributed by atoms with Crippen molar-refractivity contribution in [2.24, 2.45) is 0 Å². The number of fused-ring (bicyclic) bond motifs is 1. The van der Waals surface area contributed by atoms with Crippen molar-refractivity contribution in [2.45, 2.75) is 39.5 Å². The van der Waals surface area contributed by atoms with E-state index in [-0.39, 0.29) is 0 Å². The Hall–Kier alpha value is -3.42. The first-order valence-electron chi connectivity index (χ1n) is 11.4. The quantitative estimate of drug-likeness (QED) is 0.299. The van der Waals surface area contributed by atoms with Crippen molar-refractivity contribution < 1.29 is 0 Å². The van der Waals surface area contributed by atoms with Crippen molar-refractivity contribution in [2.75, 3.05) is 13.1 Å². The van der Waals surface area contributed by atoms with Crippen LogP contribution in [0.5, 0.6) is 0 Å².